The van der Waals surface area contributed by atoms with Gasteiger partial charge in [-0.3, -0.25) is 0 Å². The fourth-order valence-electron chi connectivity index (χ4n) is 3.27. The van der Waals surface area contributed by atoms with Crippen molar-refractivity contribution in [2.24, 2.45) is 23.7 Å². The standard InChI is InChI=1S/C12H24/c1-5-11-8-9(3)7-10(4)12(11)6-2/h9-12H,5-8H2,1-4H3. The smallest absolute Gasteiger partial charge is 0.0363 e. The largest absolute Gasteiger partial charge is 0.0651 e. The second-order valence-corrected chi connectivity index (χ2v) is 4.79. The Hall–Kier alpha value is 0. The van der Waals surface area contributed by atoms with Crippen molar-refractivity contribution in [3.05, 3.63) is 0 Å². The van der Waals surface area contributed by atoms with Crippen LogP contribution in [0.4, 0.5) is 0 Å². The molecule has 0 aromatic heterocycles. The third kappa shape index (κ3) is 2.02. The van der Waals surface area contributed by atoms with E-state index < -0.39 is 0 Å². The summed E-state index contributed by atoms with van der Waals surface area (Å²) >= 11 is 0. The molecule has 0 amide bonds. The lowest BCUT2D eigenvalue weighted by molar-refractivity contribution is 0.116. The summed E-state index contributed by atoms with van der Waals surface area (Å²) in [5.41, 5.74) is 0. The Bertz CT molecular complexity index is 128. The predicted molar refractivity (Wildman–Crippen MR) is 55.1 cm³/mol. The van der Waals surface area contributed by atoms with Crippen molar-refractivity contribution in [1.29, 1.82) is 0 Å². The van der Waals surface area contributed by atoms with Crippen LogP contribution in [0.5, 0.6) is 0 Å². The van der Waals surface area contributed by atoms with E-state index in [2.05, 4.69) is 27.7 Å². The predicted octanol–water partition coefficient (Wildman–Crippen LogP) is 4.10. The van der Waals surface area contributed by atoms with Crippen LogP contribution in [0, 0.1) is 23.7 Å². The molecule has 0 nitrogen and oxygen atoms in total. The van der Waals surface area contributed by atoms with Gasteiger partial charge >= 0.3 is 0 Å². The van der Waals surface area contributed by atoms with Crippen LogP contribution in [0.3, 0.4) is 0 Å². The summed E-state index contributed by atoms with van der Waals surface area (Å²) in [6.07, 6.45) is 5.74. The van der Waals surface area contributed by atoms with Gasteiger partial charge in [0.25, 0.3) is 0 Å². The molecule has 0 radical (unpaired) electrons. The molecule has 1 fully saturated rings. The van der Waals surface area contributed by atoms with Gasteiger partial charge in [0.15, 0.2) is 0 Å². The molecule has 0 N–H and O–H groups in total. The van der Waals surface area contributed by atoms with Crippen molar-refractivity contribution in [1.82, 2.24) is 0 Å². The lowest BCUT2D eigenvalue weighted by Crippen LogP contribution is -2.29. The summed E-state index contributed by atoms with van der Waals surface area (Å²) < 4.78 is 0. The zero-order chi connectivity index (χ0) is 9.14. The minimum Gasteiger partial charge on any atom is -0.0651 e. The van der Waals surface area contributed by atoms with Gasteiger partial charge in [-0.25, -0.2) is 0 Å². The Kier molecular flexibility index (Phi) is 3.61. The van der Waals surface area contributed by atoms with Crippen LogP contribution >= 0.6 is 0 Å². The van der Waals surface area contributed by atoms with E-state index in [9.17, 15) is 0 Å². The fourth-order valence-corrected chi connectivity index (χ4v) is 3.27. The normalized spacial score (nSPS) is 43.0. The van der Waals surface area contributed by atoms with Crippen LogP contribution in [0.25, 0.3) is 0 Å². The van der Waals surface area contributed by atoms with E-state index >= 15 is 0 Å². The topological polar surface area (TPSA) is 0 Å². The van der Waals surface area contributed by atoms with Gasteiger partial charge in [0.05, 0.1) is 0 Å². The fraction of sp³-hybridized carbons (Fsp3) is 1.00. The average molecular weight is 168 g/mol. The molecule has 0 heterocycles. The van der Waals surface area contributed by atoms with Gasteiger partial charge in [-0.05, 0) is 36.5 Å². The van der Waals surface area contributed by atoms with Crippen molar-refractivity contribution in [3.63, 3.8) is 0 Å². The first-order valence-electron chi connectivity index (χ1n) is 5.69. The van der Waals surface area contributed by atoms with Gasteiger partial charge in [-0.15, -0.1) is 0 Å². The maximum Gasteiger partial charge on any atom is -0.0363 e. The van der Waals surface area contributed by atoms with Crippen molar-refractivity contribution in [2.75, 3.05) is 0 Å². The zero-order valence-corrected chi connectivity index (χ0v) is 9.14. The molecule has 0 bridgehead atoms. The molecule has 72 valence electrons. The quantitative estimate of drug-likeness (QED) is 0.582. The molecule has 1 aliphatic carbocycles. The molecule has 4 atom stereocenters. The van der Waals surface area contributed by atoms with Crippen LogP contribution in [0.15, 0.2) is 0 Å². The molecule has 1 rings (SSSR count). The van der Waals surface area contributed by atoms with Crippen LogP contribution < -0.4 is 0 Å². The third-order valence-corrected chi connectivity index (χ3v) is 3.81. The lowest BCUT2D eigenvalue weighted by Gasteiger charge is -2.39. The SMILES string of the molecule is CCC1CC(C)CC(C)C1CC. The van der Waals surface area contributed by atoms with E-state index in [1.165, 1.54) is 25.7 Å². The molecule has 0 aromatic rings. The monoisotopic (exact) mass is 168 g/mol. The Morgan fingerprint density at radius 2 is 1.67 bits per heavy atom. The Labute approximate surface area is 77.7 Å². The molecule has 0 aromatic carbocycles. The summed E-state index contributed by atoms with van der Waals surface area (Å²) in [7, 11) is 0. The first-order chi connectivity index (χ1) is 5.69. The molecule has 4 unspecified atom stereocenters. The first kappa shape index (κ1) is 10.1. The van der Waals surface area contributed by atoms with Crippen LogP contribution in [-0.4, -0.2) is 0 Å². The molecule has 1 saturated carbocycles. The average Bonchev–Trinajstić information content (AvgIpc) is 2.03. The highest BCUT2D eigenvalue weighted by atomic mass is 14.4. The van der Waals surface area contributed by atoms with Crippen molar-refractivity contribution >= 4 is 0 Å². The highest BCUT2D eigenvalue weighted by Gasteiger charge is 2.31. The van der Waals surface area contributed by atoms with E-state index in [0.717, 1.165) is 23.7 Å². The van der Waals surface area contributed by atoms with Gasteiger partial charge in [0.1, 0.15) is 0 Å². The molecule has 0 heteroatoms. The molecule has 0 spiro atoms. The second-order valence-electron chi connectivity index (χ2n) is 4.79. The number of hydrogen-bond donors (Lipinski definition) is 0. The Morgan fingerprint density at radius 3 is 2.17 bits per heavy atom. The molecule has 0 saturated heterocycles. The van der Waals surface area contributed by atoms with Gasteiger partial charge < -0.3 is 0 Å². The van der Waals surface area contributed by atoms with Crippen LogP contribution in [0.1, 0.15) is 53.4 Å². The van der Waals surface area contributed by atoms with Crippen molar-refractivity contribution in [2.45, 2.75) is 53.4 Å². The van der Waals surface area contributed by atoms with Gasteiger partial charge in [-0.2, -0.15) is 0 Å². The minimum atomic E-state index is 0.976. The molecule has 0 aliphatic heterocycles. The van der Waals surface area contributed by atoms with Crippen molar-refractivity contribution < 1.29 is 0 Å². The summed E-state index contributed by atoms with van der Waals surface area (Å²) in [4.78, 5) is 0. The summed E-state index contributed by atoms with van der Waals surface area (Å²) in [6, 6.07) is 0. The van der Waals surface area contributed by atoms with Crippen LogP contribution in [0.2, 0.25) is 0 Å². The van der Waals surface area contributed by atoms with E-state index in [-0.39, 0.29) is 0 Å². The minimum absolute atomic E-state index is 0.976. The third-order valence-electron chi connectivity index (χ3n) is 3.81. The van der Waals surface area contributed by atoms with Gasteiger partial charge in [0, 0.05) is 0 Å². The highest BCUT2D eigenvalue weighted by Crippen LogP contribution is 2.40. The molecule has 12 heavy (non-hydrogen) atoms. The van der Waals surface area contributed by atoms with Crippen LogP contribution in [-0.2, 0) is 0 Å². The maximum atomic E-state index is 2.45. The second kappa shape index (κ2) is 4.30. The Morgan fingerprint density at radius 1 is 1.00 bits per heavy atom. The van der Waals surface area contributed by atoms with E-state index in [1.54, 1.807) is 0 Å². The Balaban J connectivity index is 2.56. The number of hydrogen-bond acceptors (Lipinski definition) is 0. The molecular formula is C12H24. The van der Waals surface area contributed by atoms with Gasteiger partial charge in [0.2, 0.25) is 0 Å². The lowest BCUT2D eigenvalue weighted by atomic mass is 9.67. The molecule has 1 aliphatic rings. The number of rotatable bonds is 2. The van der Waals surface area contributed by atoms with E-state index in [4.69, 9.17) is 0 Å². The van der Waals surface area contributed by atoms with E-state index in [1.807, 2.05) is 0 Å². The zero-order valence-electron chi connectivity index (χ0n) is 9.14. The summed E-state index contributed by atoms with van der Waals surface area (Å²) in [5.74, 6) is 4.00. The first-order valence-corrected chi connectivity index (χ1v) is 5.69. The van der Waals surface area contributed by atoms with Crippen molar-refractivity contribution in [3.8, 4) is 0 Å². The maximum absolute atomic E-state index is 2.45. The summed E-state index contributed by atoms with van der Waals surface area (Å²) in [5, 5.41) is 0. The highest BCUT2D eigenvalue weighted by molar-refractivity contribution is 4.81. The van der Waals surface area contributed by atoms with E-state index in [0.29, 0.717) is 0 Å². The molecular weight excluding hydrogens is 144 g/mol. The summed E-state index contributed by atoms with van der Waals surface area (Å²) in [6.45, 7) is 9.59. The van der Waals surface area contributed by atoms with Gasteiger partial charge in [-0.1, -0.05) is 40.5 Å².